The molecule has 1 heterocycles. The van der Waals surface area contributed by atoms with Crippen molar-refractivity contribution >= 4 is 34.5 Å². The number of hydrogen-bond acceptors (Lipinski definition) is 2. The summed E-state index contributed by atoms with van der Waals surface area (Å²) in [6.07, 6.45) is 2.08. The fourth-order valence-corrected chi connectivity index (χ4v) is 3.65. The van der Waals surface area contributed by atoms with Crippen molar-refractivity contribution in [3.05, 3.63) is 16.1 Å². The van der Waals surface area contributed by atoms with Crippen LogP contribution in [-0.2, 0) is 6.42 Å². The van der Waals surface area contributed by atoms with Gasteiger partial charge in [0.05, 0.1) is 11.2 Å². The van der Waals surface area contributed by atoms with E-state index in [1.807, 2.05) is 5.51 Å². The largest absolute Gasteiger partial charge is 0.250 e. The molecule has 0 aliphatic rings. The molecule has 0 spiro atoms. The summed E-state index contributed by atoms with van der Waals surface area (Å²) in [7, 11) is 0. The standard InChI is InChI=1S/C12H19Cl2NS/c1-9(2)12(6-13,7-14)5-4-11-10(3)15-8-16-11/h8-9H,4-7H2,1-3H3. The van der Waals surface area contributed by atoms with Gasteiger partial charge in [-0.05, 0) is 25.7 Å². The lowest BCUT2D eigenvalue weighted by Crippen LogP contribution is -2.32. The van der Waals surface area contributed by atoms with Gasteiger partial charge < -0.3 is 0 Å². The first-order valence-corrected chi connectivity index (χ1v) is 7.51. The Hall–Kier alpha value is 0.210. The van der Waals surface area contributed by atoms with Crippen molar-refractivity contribution in [3.8, 4) is 0 Å². The SMILES string of the molecule is Cc1ncsc1CCC(CCl)(CCl)C(C)C. The average molecular weight is 280 g/mol. The Balaban J connectivity index is 2.67. The number of alkyl halides is 2. The van der Waals surface area contributed by atoms with Gasteiger partial charge in [0, 0.05) is 22.1 Å². The van der Waals surface area contributed by atoms with E-state index in [0.717, 1.165) is 18.5 Å². The lowest BCUT2D eigenvalue weighted by molar-refractivity contribution is 0.240. The topological polar surface area (TPSA) is 12.9 Å². The summed E-state index contributed by atoms with van der Waals surface area (Å²) in [5.41, 5.74) is 3.11. The molecule has 0 N–H and O–H groups in total. The summed E-state index contributed by atoms with van der Waals surface area (Å²) in [5, 5.41) is 0. The van der Waals surface area contributed by atoms with E-state index in [-0.39, 0.29) is 5.41 Å². The van der Waals surface area contributed by atoms with E-state index < -0.39 is 0 Å². The number of thiazole rings is 1. The van der Waals surface area contributed by atoms with E-state index in [0.29, 0.717) is 17.7 Å². The van der Waals surface area contributed by atoms with Crippen LogP contribution in [0, 0.1) is 18.3 Å². The maximum atomic E-state index is 6.10. The van der Waals surface area contributed by atoms with Gasteiger partial charge in [-0.25, -0.2) is 4.98 Å². The predicted molar refractivity (Wildman–Crippen MR) is 73.9 cm³/mol. The normalized spacial score (nSPS) is 12.4. The minimum absolute atomic E-state index is 0.0551. The van der Waals surface area contributed by atoms with Gasteiger partial charge in [-0.3, -0.25) is 0 Å². The summed E-state index contributed by atoms with van der Waals surface area (Å²) in [6, 6.07) is 0. The molecule has 1 aromatic rings. The van der Waals surface area contributed by atoms with Crippen LogP contribution in [0.5, 0.6) is 0 Å². The van der Waals surface area contributed by atoms with Crippen molar-refractivity contribution in [3.63, 3.8) is 0 Å². The van der Waals surface area contributed by atoms with Crippen molar-refractivity contribution in [1.29, 1.82) is 0 Å². The third kappa shape index (κ3) is 3.12. The van der Waals surface area contributed by atoms with Gasteiger partial charge in [0.1, 0.15) is 0 Å². The quantitative estimate of drug-likeness (QED) is 0.699. The molecule has 1 aromatic heterocycles. The minimum atomic E-state index is 0.0551. The van der Waals surface area contributed by atoms with Crippen molar-refractivity contribution in [2.45, 2.75) is 33.6 Å². The third-order valence-electron chi connectivity index (χ3n) is 3.45. The van der Waals surface area contributed by atoms with Gasteiger partial charge >= 0.3 is 0 Å². The predicted octanol–water partition coefficient (Wildman–Crippen LogP) is 4.50. The highest BCUT2D eigenvalue weighted by molar-refractivity contribution is 7.09. The molecule has 0 atom stereocenters. The zero-order valence-corrected chi connectivity index (χ0v) is 12.4. The lowest BCUT2D eigenvalue weighted by atomic mass is 9.77. The second-order valence-corrected chi connectivity index (χ2v) is 6.12. The number of rotatable bonds is 6. The van der Waals surface area contributed by atoms with Crippen LogP contribution in [-0.4, -0.2) is 16.7 Å². The first kappa shape index (κ1) is 14.3. The fraction of sp³-hybridized carbons (Fsp3) is 0.750. The molecule has 1 rings (SSSR count). The first-order chi connectivity index (χ1) is 7.55. The second kappa shape index (κ2) is 6.23. The van der Waals surface area contributed by atoms with E-state index in [9.17, 15) is 0 Å². The zero-order chi connectivity index (χ0) is 12.2. The van der Waals surface area contributed by atoms with Crippen LogP contribution in [0.15, 0.2) is 5.51 Å². The molecule has 1 nitrogen and oxygen atoms in total. The molecule has 0 amide bonds. The molecule has 92 valence electrons. The Labute approximate surface area is 112 Å². The Morgan fingerprint density at radius 3 is 2.38 bits per heavy atom. The molecule has 0 saturated heterocycles. The summed E-state index contributed by atoms with van der Waals surface area (Å²) in [6.45, 7) is 6.46. The van der Waals surface area contributed by atoms with Gasteiger partial charge in [-0.2, -0.15) is 0 Å². The van der Waals surface area contributed by atoms with Crippen LogP contribution in [0.25, 0.3) is 0 Å². The van der Waals surface area contributed by atoms with Crippen LogP contribution >= 0.6 is 34.5 Å². The maximum Gasteiger partial charge on any atom is 0.0797 e. The minimum Gasteiger partial charge on any atom is -0.250 e. The second-order valence-electron chi connectivity index (χ2n) is 4.65. The molecule has 0 aliphatic carbocycles. The van der Waals surface area contributed by atoms with Gasteiger partial charge in [0.15, 0.2) is 0 Å². The molecule has 16 heavy (non-hydrogen) atoms. The molecule has 0 radical (unpaired) electrons. The van der Waals surface area contributed by atoms with E-state index in [2.05, 4.69) is 25.8 Å². The Morgan fingerprint density at radius 2 is 2.00 bits per heavy atom. The summed E-state index contributed by atoms with van der Waals surface area (Å²) in [5.74, 6) is 1.77. The zero-order valence-electron chi connectivity index (χ0n) is 10.1. The maximum absolute atomic E-state index is 6.10. The lowest BCUT2D eigenvalue weighted by Gasteiger charge is -2.33. The number of aryl methyl sites for hydroxylation is 2. The number of halogens is 2. The fourth-order valence-electron chi connectivity index (χ4n) is 1.70. The van der Waals surface area contributed by atoms with Crippen LogP contribution < -0.4 is 0 Å². The van der Waals surface area contributed by atoms with Gasteiger partial charge in [0.25, 0.3) is 0 Å². The average Bonchev–Trinajstić information content (AvgIpc) is 2.66. The third-order valence-corrected chi connectivity index (χ3v) is 5.51. The number of nitrogens with zero attached hydrogens (tertiary/aromatic N) is 1. The Bertz CT molecular complexity index is 319. The van der Waals surface area contributed by atoms with Crippen molar-refractivity contribution in [2.24, 2.45) is 11.3 Å². The van der Waals surface area contributed by atoms with Crippen LogP contribution in [0.4, 0.5) is 0 Å². The molecular weight excluding hydrogens is 261 g/mol. The Kier molecular flexibility index (Phi) is 5.55. The summed E-state index contributed by atoms with van der Waals surface area (Å²) >= 11 is 13.9. The highest BCUT2D eigenvalue weighted by Gasteiger charge is 2.32. The first-order valence-electron chi connectivity index (χ1n) is 5.56. The van der Waals surface area contributed by atoms with Crippen LogP contribution in [0.1, 0.15) is 30.8 Å². The molecule has 0 fully saturated rings. The monoisotopic (exact) mass is 279 g/mol. The number of aromatic nitrogens is 1. The molecule has 0 bridgehead atoms. The smallest absolute Gasteiger partial charge is 0.0797 e. The van der Waals surface area contributed by atoms with E-state index in [1.165, 1.54) is 4.88 Å². The van der Waals surface area contributed by atoms with E-state index >= 15 is 0 Å². The molecule has 0 aliphatic heterocycles. The van der Waals surface area contributed by atoms with Crippen LogP contribution in [0.2, 0.25) is 0 Å². The summed E-state index contributed by atoms with van der Waals surface area (Å²) < 4.78 is 0. The molecule has 0 aromatic carbocycles. The van der Waals surface area contributed by atoms with Gasteiger partial charge in [-0.1, -0.05) is 13.8 Å². The molecule has 0 saturated carbocycles. The van der Waals surface area contributed by atoms with E-state index in [1.54, 1.807) is 11.3 Å². The molecular formula is C12H19Cl2NS. The van der Waals surface area contributed by atoms with Crippen LogP contribution in [0.3, 0.4) is 0 Å². The summed E-state index contributed by atoms with van der Waals surface area (Å²) in [4.78, 5) is 5.63. The van der Waals surface area contributed by atoms with E-state index in [4.69, 9.17) is 23.2 Å². The van der Waals surface area contributed by atoms with Crippen molar-refractivity contribution in [2.75, 3.05) is 11.8 Å². The van der Waals surface area contributed by atoms with Gasteiger partial charge in [0.2, 0.25) is 0 Å². The van der Waals surface area contributed by atoms with Crippen molar-refractivity contribution in [1.82, 2.24) is 4.98 Å². The highest BCUT2D eigenvalue weighted by Crippen LogP contribution is 2.36. The molecule has 0 unspecified atom stereocenters. The van der Waals surface area contributed by atoms with Crippen molar-refractivity contribution < 1.29 is 0 Å². The van der Waals surface area contributed by atoms with Gasteiger partial charge in [-0.15, -0.1) is 34.5 Å². The Morgan fingerprint density at radius 1 is 1.38 bits per heavy atom. The molecule has 4 heteroatoms. The highest BCUT2D eigenvalue weighted by atomic mass is 35.5. The number of hydrogen-bond donors (Lipinski definition) is 0.